The van der Waals surface area contributed by atoms with Gasteiger partial charge in [0.25, 0.3) is 0 Å². The molecule has 1 aliphatic rings. The fourth-order valence-corrected chi connectivity index (χ4v) is 3.22. The monoisotopic (exact) mass is 311 g/mol. The fourth-order valence-electron chi connectivity index (χ4n) is 2.40. The third-order valence-corrected chi connectivity index (χ3v) is 4.88. The summed E-state index contributed by atoms with van der Waals surface area (Å²) in [5.74, 6) is -0.821. The molecule has 0 bridgehead atoms. The van der Waals surface area contributed by atoms with E-state index in [4.69, 9.17) is 5.11 Å². The van der Waals surface area contributed by atoms with Crippen LogP contribution in [0.2, 0.25) is 0 Å². The number of aliphatic carboxylic acids is 1. The number of carbonyl (C=O) groups excluding carboxylic acids is 1. The first-order valence-electron chi connectivity index (χ1n) is 6.98. The van der Waals surface area contributed by atoms with Crippen molar-refractivity contribution in [1.82, 2.24) is 14.7 Å². The third kappa shape index (κ3) is 3.95. The number of nitrogens with zero attached hydrogens (tertiary/aromatic N) is 3. The topological polar surface area (TPSA) is 64.1 Å². The van der Waals surface area contributed by atoms with Crippen LogP contribution in [-0.2, 0) is 4.79 Å². The first-order chi connectivity index (χ1) is 9.99. The van der Waals surface area contributed by atoms with E-state index >= 15 is 0 Å². The second kappa shape index (κ2) is 6.91. The molecule has 0 spiro atoms. The standard InChI is InChI=1S/C14H21N3O3S/c1-11(12-4-3-9-21-12)15(2)14(20)17-7-5-16(6-8-17)10-13(18)19/h3-4,9,11H,5-8,10H2,1-2H3,(H,18,19). The summed E-state index contributed by atoms with van der Waals surface area (Å²) in [6.45, 7) is 4.44. The van der Waals surface area contributed by atoms with E-state index in [2.05, 4.69) is 0 Å². The molecule has 0 aromatic carbocycles. The Balaban J connectivity index is 1.88. The Bertz CT molecular complexity index is 484. The highest BCUT2D eigenvalue weighted by atomic mass is 32.1. The second-order valence-electron chi connectivity index (χ2n) is 5.24. The lowest BCUT2D eigenvalue weighted by Gasteiger charge is -2.37. The highest BCUT2D eigenvalue weighted by Gasteiger charge is 2.27. The average molecular weight is 311 g/mol. The quantitative estimate of drug-likeness (QED) is 0.916. The molecule has 1 aromatic heterocycles. The summed E-state index contributed by atoms with van der Waals surface area (Å²) >= 11 is 1.64. The number of amides is 2. The fraction of sp³-hybridized carbons (Fsp3) is 0.571. The molecule has 1 unspecified atom stereocenters. The van der Waals surface area contributed by atoms with E-state index in [0.717, 1.165) is 4.88 Å². The molecule has 1 saturated heterocycles. The largest absolute Gasteiger partial charge is 0.480 e. The van der Waals surface area contributed by atoms with Crippen LogP contribution < -0.4 is 0 Å². The predicted molar refractivity (Wildman–Crippen MR) is 81.5 cm³/mol. The first kappa shape index (κ1) is 15.8. The van der Waals surface area contributed by atoms with Crippen LogP contribution in [0.25, 0.3) is 0 Å². The van der Waals surface area contributed by atoms with E-state index in [1.807, 2.05) is 36.4 Å². The van der Waals surface area contributed by atoms with Crippen molar-refractivity contribution < 1.29 is 14.7 Å². The van der Waals surface area contributed by atoms with Crippen LogP contribution >= 0.6 is 11.3 Å². The maximum Gasteiger partial charge on any atom is 0.320 e. The van der Waals surface area contributed by atoms with Crippen LogP contribution in [0.3, 0.4) is 0 Å². The summed E-state index contributed by atoms with van der Waals surface area (Å²) < 4.78 is 0. The molecule has 2 amide bonds. The zero-order valence-corrected chi connectivity index (χ0v) is 13.2. The van der Waals surface area contributed by atoms with Gasteiger partial charge in [0.05, 0.1) is 12.6 Å². The van der Waals surface area contributed by atoms with E-state index < -0.39 is 5.97 Å². The molecule has 2 heterocycles. The van der Waals surface area contributed by atoms with Gasteiger partial charge < -0.3 is 14.9 Å². The molecule has 0 radical (unpaired) electrons. The van der Waals surface area contributed by atoms with Crippen LogP contribution in [0.1, 0.15) is 17.8 Å². The van der Waals surface area contributed by atoms with Gasteiger partial charge in [-0.25, -0.2) is 4.79 Å². The number of carboxylic acids is 1. The van der Waals surface area contributed by atoms with Gasteiger partial charge in [-0.3, -0.25) is 9.69 Å². The highest BCUT2D eigenvalue weighted by Crippen LogP contribution is 2.24. The zero-order valence-electron chi connectivity index (χ0n) is 12.4. The SMILES string of the molecule is CC(c1cccs1)N(C)C(=O)N1CCN(CC(=O)O)CC1. The van der Waals surface area contributed by atoms with Gasteiger partial charge in [-0.15, -0.1) is 11.3 Å². The Morgan fingerprint density at radius 1 is 1.38 bits per heavy atom. The molecular formula is C14H21N3O3S. The van der Waals surface area contributed by atoms with Gasteiger partial charge >= 0.3 is 12.0 Å². The van der Waals surface area contributed by atoms with E-state index in [0.29, 0.717) is 26.2 Å². The van der Waals surface area contributed by atoms with Gasteiger partial charge in [-0.2, -0.15) is 0 Å². The molecular weight excluding hydrogens is 290 g/mol. The molecule has 7 heteroatoms. The van der Waals surface area contributed by atoms with Gasteiger partial charge in [-0.05, 0) is 18.4 Å². The molecule has 0 aliphatic carbocycles. The number of urea groups is 1. The molecule has 0 saturated carbocycles. The van der Waals surface area contributed by atoms with E-state index in [-0.39, 0.29) is 18.6 Å². The maximum absolute atomic E-state index is 12.5. The van der Waals surface area contributed by atoms with Crippen molar-refractivity contribution >= 4 is 23.3 Å². The molecule has 2 rings (SSSR count). The van der Waals surface area contributed by atoms with Crippen molar-refractivity contribution in [3.63, 3.8) is 0 Å². The number of hydrogen-bond donors (Lipinski definition) is 1. The summed E-state index contributed by atoms with van der Waals surface area (Å²) in [5.41, 5.74) is 0. The summed E-state index contributed by atoms with van der Waals surface area (Å²) in [6, 6.07) is 4.07. The Kier molecular flexibility index (Phi) is 5.19. The zero-order chi connectivity index (χ0) is 15.4. The summed E-state index contributed by atoms with van der Waals surface area (Å²) in [7, 11) is 1.82. The number of carbonyl (C=O) groups is 2. The molecule has 6 nitrogen and oxygen atoms in total. The number of rotatable bonds is 4. The normalized spacial score (nSPS) is 17.5. The lowest BCUT2D eigenvalue weighted by Crippen LogP contribution is -2.53. The van der Waals surface area contributed by atoms with Gasteiger partial charge in [0, 0.05) is 38.1 Å². The average Bonchev–Trinajstić information content (AvgIpc) is 2.99. The Hall–Kier alpha value is -1.60. The predicted octanol–water partition coefficient (Wildman–Crippen LogP) is 1.56. The summed E-state index contributed by atoms with van der Waals surface area (Å²) in [4.78, 5) is 29.7. The van der Waals surface area contributed by atoms with Gasteiger partial charge in [0.1, 0.15) is 0 Å². The Morgan fingerprint density at radius 3 is 2.57 bits per heavy atom. The molecule has 116 valence electrons. The van der Waals surface area contributed by atoms with E-state index in [1.165, 1.54) is 0 Å². The van der Waals surface area contributed by atoms with Crippen molar-refractivity contribution in [1.29, 1.82) is 0 Å². The smallest absolute Gasteiger partial charge is 0.320 e. The lowest BCUT2D eigenvalue weighted by atomic mass is 10.2. The minimum Gasteiger partial charge on any atom is -0.480 e. The number of carboxylic acid groups (broad SMARTS) is 1. The van der Waals surface area contributed by atoms with Crippen LogP contribution in [0.5, 0.6) is 0 Å². The van der Waals surface area contributed by atoms with Crippen LogP contribution in [-0.4, -0.2) is 71.6 Å². The van der Waals surface area contributed by atoms with Gasteiger partial charge in [-0.1, -0.05) is 6.07 Å². The van der Waals surface area contributed by atoms with Crippen molar-refractivity contribution in [2.75, 3.05) is 39.8 Å². The number of hydrogen-bond acceptors (Lipinski definition) is 4. The van der Waals surface area contributed by atoms with Crippen molar-refractivity contribution in [2.45, 2.75) is 13.0 Å². The highest BCUT2D eigenvalue weighted by molar-refractivity contribution is 7.10. The Labute approximate surface area is 128 Å². The summed E-state index contributed by atoms with van der Waals surface area (Å²) in [6.07, 6.45) is 0. The van der Waals surface area contributed by atoms with Crippen LogP contribution in [0.15, 0.2) is 17.5 Å². The van der Waals surface area contributed by atoms with Crippen LogP contribution in [0.4, 0.5) is 4.79 Å². The molecule has 21 heavy (non-hydrogen) atoms. The van der Waals surface area contributed by atoms with E-state index in [9.17, 15) is 9.59 Å². The number of thiophene rings is 1. The Morgan fingerprint density at radius 2 is 2.05 bits per heavy atom. The molecule has 1 aromatic rings. The van der Waals surface area contributed by atoms with Gasteiger partial charge in [0.15, 0.2) is 0 Å². The minimum absolute atomic E-state index is 0.00544. The molecule has 1 N–H and O–H groups in total. The second-order valence-corrected chi connectivity index (χ2v) is 6.22. The summed E-state index contributed by atoms with van der Waals surface area (Å²) in [5, 5.41) is 10.8. The molecule has 1 fully saturated rings. The molecule has 1 aliphatic heterocycles. The lowest BCUT2D eigenvalue weighted by molar-refractivity contribution is -0.138. The number of piperazine rings is 1. The molecule has 1 atom stereocenters. The van der Waals surface area contributed by atoms with E-state index in [1.54, 1.807) is 21.1 Å². The van der Waals surface area contributed by atoms with Crippen molar-refractivity contribution in [3.8, 4) is 0 Å². The van der Waals surface area contributed by atoms with Crippen LogP contribution in [0, 0.1) is 0 Å². The van der Waals surface area contributed by atoms with Crippen molar-refractivity contribution in [2.24, 2.45) is 0 Å². The first-order valence-corrected chi connectivity index (χ1v) is 7.86. The van der Waals surface area contributed by atoms with Gasteiger partial charge in [0.2, 0.25) is 0 Å². The third-order valence-electron chi connectivity index (χ3n) is 3.84. The maximum atomic E-state index is 12.5. The van der Waals surface area contributed by atoms with Crippen molar-refractivity contribution in [3.05, 3.63) is 22.4 Å². The minimum atomic E-state index is -0.821.